The van der Waals surface area contributed by atoms with Crippen molar-refractivity contribution in [2.24, 2.45) is 5.41 Å². The molecule has 17 heavy (non-hydrogen) atoms. The molecule has 3 nitrogen and oxygen atoms in total. The third-order valence-electron chi connectivity index (χ3n) is 2.33. The average molecular weight is 243 g/mol. The van der Waals surface area contributed by atoms with Gasteiger partial charge in [-0.15, -0.1) is 0 Å². The number of aliphatic hydroxyl groups is 1. The summed E-state index contributed by atoms with van der Waals surface area (Å²) in [6.07, 6.45) is 0. The number of amides is 1. The molecule has 1 aromatic rings. The van der Waals surface area contributed by atoms with Crippen molar-refractivity contribution in [3.8, 4) is 0 Å². The molecular formula is C12H15F2NO2. The third kappa shape index (κ3) is 3.78. The second-order valence-corrected chi connectivity index (χ2v) is 4.63. The molecule has 1 amide bonds. The van der Waals surface area contributed by atoms with Crippen molar-refractivity contribution in [1.29, 1.82) is 0 Å². The molecule has 0 radical (unpaired) electrons. The molecule has 0 fully saturated rings. The number of halogens is 2. The van der Waals surface area contributed by atoms with Crippen molar-refractivity contribution in [2.75, 3.05) is 13.2 Å². The van der Waals surface area contributed by atoms with Crippen LogP contribution < -0.4 is 5.32 Å². The predicted octanol–water partition coefficient (Wildman–Crippen LogP) is 1.71. The Hall–Kier alpha value is -1.49. The SMILES string of the molecule is CC(C)(CO)CNC(=O)c1ccc(F)cc1F. The van der Waals surface area contributed by atoms with Crippen LogP contribution in [0.2, 0.25) is 0 Å². The minimum Gasteiger partial charge on any atom is -0.396 e. The fourth-order valence-electron chi connectivity index (χ4n) is 1.14. The molecular weight excluding hydrogens is 228 g/mol. The molecule has 1 aromatic carbocycles. The van der Waals surface area contributed by atoms with Gasteiger partial charge in [0.2, 0.25) is 0 Å². The second-order valence-electron chi connectivity index (χ2n) is 4.63. The molecule has 0 bridgehead atoms. The van der Waals surface area contributed by atoms with E-state index >= 15 is 0 Å². The van der Waals surface area contributed by atoms with Crippen LogP contribution in [0.1, 0.15) is 24.2 Å². The standard InChI is InChI=1S/C12H15F2NO2/c1-12(2,7-16)6-15-11(17)9-4-3-8(13)5-10(9)14/h3-5,16H,6-7H2,1-2H3,(H,15,17). The van der Waals surface area contributed by atoms with Crippen molar-refractivity contribution < 1.29 is 18.7 Å². The molecule has 0 heterocycles. The van der Waals surface area contributed by atoms with E-state index in [-0.39, 0.29) is 18.7 Å². The molecule has 0 unspecified atom stereocenters. The monoisotopic (exact) mass is 243 g/mol. The number of hydrogen-bond acceptors (Lipinski definition) is 2. The number of carbonyl (C=O) groups is 1. The summed E-state index contributed by atoms with van der Waals surface area (Å²) in [6.45, 7) is 3.63. The van der Waals surface area contributed by atoms with E-state index in [0.29, 0.717) is 6.07 Å². The largest absolute Gasteiger partial charge is 0.396 e. The Morgan fingerprint density at radius 2 is 2.06 bits per heavy atom. The van der Waals surface area contributed by atoms with Crippen molar-refractivity contribution in [1.82, 2.24) is 5.32 Å². The summed E-state index contributed by atoms with van der Waals surface area (Å²) in [4.78, 5) is 11.6. The quantitative estimate of drug-likeness (QED) is 0.845. The first-order chi connectivity index (χ1) is 7.85. The summed E-state index contributed by atoms with van der Waals surface area (Å²) < 4.78 is 25.9. The van der Waals surface area contributed by atoms with Crippen molar-refractivity contribution in [2.45, 2.75) is 13.8 Å². The number of carbonyl (C=O) groups excluding carboxylic acids is 1. The molecule has 94 valence electrons. The van der Waals surface area contributed by atoms with Gasteiger partial charge < -0.3 is 10.4 Å². The first-order valence-electron chi connectivity index (χ1n) is 5.20. The number of aliphatic hydroxyl groups excluding tert-OH is 1. The molecule has 0 saturated carbocycles. The highest BCUT2D eigenvalue weighted by molar-refractivity contribution is 5.94. The van der Waals surface area contributed by atoms with E-state index in [1.807, 2.05) is 0 Å². The molecule has 0 aromatic heterocycles. The molecule has 0 saturated heterocycles. The van der Waals surface area contributed by atoms with E-state index in [2.05, 4.69) is 5.32 Å². The average Bonchev–Trinajstić information content (AvgIpc) is 2.26. The van der Waals surface area contributed by atoms with E-state index in [1.165, 1.54) is 0 Å². The Bertz CT molecular complexity index is 419. The van der Waals surface area contributed by atoms with E-state index in [1.54, 1.807) is 13.8 Å². The highest BCUT2D eigenvalue weighted by Gasteiger charge is 2.19. The molecule has 0 atom stereocenters. The van der Waals surface area contributed by atoms with Gasteiger partial charge in [0.1, 0.15) is 11.6 Å². The van der Waals surface area contributed by atoms with Gasteiger partial charge in [-0.25, -0.2) is 8.78 Å². The van der Waals surface area contributed by atoms with Gasteiger partial charge in [0, 0.05) is 24.6 Å². The van der Waals surface area contributed by atoms with Gasteiger partial charge in [-0.1, -0.05) is 13.8 Å². The van der Waals surface area contributed by atoms with Crippen molar-refractivity contribution in [3.63, 3.8) is 0 Å². The lowest BCUT2D eigenvalue weighted by atomic mass is 9.95. The number of hydrogen-bond donors (Lipinski definition) is 2. The third-order valence-corrected chi connectivity index (χ3v) is 2.33. The summed E-state index contributed by atoms with van der Waals surface area (Å²) in [5.41, 5.74) is -0.688. The maximum atomic E-state index is 13.3. The Balaban J connectivity index is 2.71. The molecule has 2 N–H and O–H groups in total. The van der Waals surface area contributed by atoms with Crippen LogP contribution in [-0.4, -0.2) is 24.2 Å². The summed E-state index contributed by atoms with van der Waals surface area (Å²) >= 11 is 0. The maximum absolute atomic E-state index is 13.3. The summed E-state index contributed by atoms with van der Waals surface area (Å²) in [5.74, 6) is -2.25. The number of rotatable bonds is 4. The van der Waals surface area contributed by atoms with Crippen LogP contribution >= 0.6 is 0 Å². The second kappa shape index (κ2) is 5.23. The lowest BCUT2D eigenvalue weighted by Crippen LogP contribution is -2.36. The lowest BCUT2D eigenvalue weighted by molar-refractivity contribution is 0.0907. The fraction of sp³-hybridized carbons (Fsp3) is 0.417. The lowest BCUT2D eigenvalue weighted by Gasteiger charge is -2.21. The van der Waals surface area contributed by atoms with Gasteiger partial charge in [-0.05, 0) is 12.1 Å². The van der Waals surface area contributed by atoms with Gasteiger partial charge in [0.25, 0.3) is 5.91 Å². The number of benzene rings is 1. The number of nitrogens with one attached hydrogen (secondary N) is 1. The molecule has 0 aliphatic rings. The fourth-order valence-corrected chi connectivity index (χ4v) is 1.14. The normalized spacial score (nSPS) is 11.4. The van der Waals surface area contributed by atoms with Gasteiger partial charge in [0.05, 0.1) is 5.56 Å². The van der Waals surface area contributed by atoms with Crippen LogP contribution in [0.3, 0.4) is 0 Å². The van der Waals surface area contributed by atoms with Crippen LogP contribution in [-0.2, 0) is 0 Å². The highest BCUT2D eigenvalue weighted by Crippen LogP contribution is 2.13. The molecule has 0 aliphatic carbocycles. The van der Waals surface area contributed by atoms with E-state index < -0.39 is 23.0 Å². The minimum absolute atomic E-state index is 0.0980. The van der Waals surface area contributed by atoms with Crippen molar-refractivity contribution >= 4 is 5.91 Å². The zero-order valence-electron chi connectivity index (χ0n) is 9.76. The predicted molar refractivity (Wildman–Crippen MR) is 59.6 cm³/mol. The molecule has 0 aliphatic heterocycles. The summed E-state index contributed by atoms with van der Waals surface area (Å²) in [6, 6.07) is 2.77. The highest BCUT2D eigenvalue weighted by atomic mass is 19.1. The first-order valence-corrected chi connectivity index (χ1v) is 5.20. The van der Waals surface area contributed by atoms with Crippen molar-refractivity contribution in [3.05, 3.63) is 35.4 Å². The van der Waals surface area contributed by atoms with Gasteiger partial charge in [-0.3, -0.25) is 4.79 Å². The molecule has 1 rings (SSSR count). The Morgan fingerprint density at radius 3 is 2.59 bits per heavy atom. The van der Waals surface area contributed by atoms with E-state index in [4.69, 9.17) is 5.11 Å². The smallest absolute Gasteiger partial charge is 0.254 e. The minimum atomic E-state index is -0.899. The molecule has 0 spiro atoms. The van der Waals surface area contributed by atoms with Gasteiger partial charge >= 0.3 is 0 Å². The van der Waals surface area contributed by atoms with E-state index in [0.717, 1.165) is 12.1 Å². The Morgan fingerprint density at radius 1 is 1.41 bits per heavy atom. The van der Waals surface area contributed by atoms with Crippen LogP contribution in [0.4, 0.5) is 8.78 Å². The van der Waals surface area contributed by atoms with Gasteiger partial charge in [-0.2, -0.15) is 0 Å². The van der Waals surface area contributed by atoms with Crippen LogP contribution in [0.15, 0.2) is 18.2 Å². The zero-order chi connectivity index (χ0) is 13.1. The van der Waals surface area contributed by atoms with Gasteiger partial charge in [0.15, 0.2) is 0 Å². The first kappa shape index (κ1) is 13.6. The Labute approximate surface area is 98.5 Å². The molecule has 5 heteroatoms. The topological polar surface area (TPSA) is 49.3 Å². The van der Waals surface area contributed by atoms with Crippen LogP contribution in [0.5, 0.6) is 0 Å². The Kier molecular flexibility index (Phi) is 4.17. The maximum Gasteiger partial charge on any atom is 0.254 e. The van der Waals surface area contributed by atoms with Crippen LogP contribution in [0.25, 0.3) is 0 Å². The summed E-state index contributed by atoms with van der Waals surface area (Å²) in [7, 11) is 0. The zero-order valence-corrected chi connectivity index (χ0v) is 9.76. The van der Waals surface area contributed by atoms with Crippen LogP contribution in [0, 0.1) is 17.0 Å². The summed E-state index contributed by atoms with van der Waals surface area (Å²) in [5, 5.41) is 11.5. The van der Waals surface area contributed by atoms with E-state index in [9.17, 15) is 13.6 Å².